The molecular formula is C10H12F2N2O2. The van der Waals surface area contributed by atoms with Crippen LogP contribution in [0.15, 0.2) is 12.1 Å². The van der Waals surface area contributed by atoms with Gasteiger partial charge in [-0.05, 0) is 0 Å². The van der Waals surface area contributed by atoms with Gasteiger partial charge in [-0.2, -0.15) is 0 Å². The van der Waals surface area contributed by atoms with Gasteiger partial charge in [0, 0.05) is 26.2 Å². The van der Waals surface area contributed by atoms with Gasteiger partial charge in [0.2, 0.25) is 0 Å². The minimum Gasteiger partial charge on any atom is -0.481 e. The highest BCUT2D eigenvalue weighted by molar-refractivity contribution is 5.77. The van der Waals surface area contributed by atoms with Gasteiger partial charge < -0.3 is 15.4 Å². The zero-order valence-corrected chi connectivity index (χ0v) is 8.96. The number of rotatable bonds is 3. The van der Waals surface area contributed by atoms with E-state index >= 15 is 0 Å². The number of amides is 1. The molecule has 1 amide bonds. The number of anilines is 1. The molecule has 6 heteroatoms. The van der Waals surface area contributed by atoms with Crippen molar-refractivity contribution in [3.05, 3.63) is 23.8 Å². The number of carbonyl (C=O) groups is 1. The first-order valence-electron chi connectivity index (χ1n) is 4.49. The van der Waals surface area contributed by atoms with Crippen LogP contribution in [-0.4, -0.2) is 31.5 Å². The summed E-state index contributed by atoms with van der Waals surface area (Å²) in [6, 6.07) is 1.62. The van der Waals surface area contributed by atoms with Gasteiger partial charge in [0.15, 0.2) is 18.2 Å². The molecule has 88 valence electrons. The molecule has 0 fully saturated rings. The van der Waals surface area contributed by atoms with Gasteiger partial charge in [0.25, 0.3) is 5.91 Å². The number of hydrogen-bond acceptors (Lipinski definition) is 3. The van der Waals surface area contributed by atoms with Crippen LogP contribution in [0.4, 0.5) is 14.5 Å². The average Bonchev–Trinajstić information content (AvgIpc) is 2.20. The van der Waals surface area contributed by atoms with Crippen molar-refractivity contribution in [2.24, 2.45) is 0 Å². The summed E-state index contributed by atoms with van der Waals surface area (Å²) >= 11 is 0. The Labute approximate surface area is 91.6 Å². The van der Waals surface area contributed by atoms with Crippen LogP contribution >= 0.6 is 0 Å². The van der Waals surface area contributed by atoms with Crippen LogP contribution in [0.5, 0.6) is 5.75 Å². The third-order valence-electron chi connectivity index (χ3n) is 1.90. The fraction of sp³-hybridized carbons (Fsp3) is 0.300. The molecular weight excluding hydrogens is 218 g/mol. The van der Waals surface area contributed by atoms with E-state index in [0.717, 1.165) is 12.1 Å². The van der Waals surface area contributed by atoms with Crippen molar-refractivity contribution in [3.63, 3.8) is 0 Å². The first-order valence-corrected chi connectivity index (χ1v) is 4.49. The van der Waals surface area contributed by atoms with E-state index in [1.807, 2.05) is 0 Å². The molecule has 0 aliphatic rings. The number of nitrogen functional groups attached to an aromatic ring is 1. The minimum absolute atomic E-state index is 0.302. The standard InChI is InChI=1S/C10H12F2N2O2/c1-14(2)10(15)5-16-9-4-6(11)8(13)3-7(9)12/h3-4H,5,13H2,1-2H3. The molecule has 4 nitrogen and oxygen atoms in total. The summed E-state index contributed by atoms with van der Waals surface area (Å²) in [5, 5.41) is 0. The third-order valence-corrected chi connectivity index (χ3v) is 1.90. The van der Waals surface area contributed by atoms with Gasteiger partial charge in [-0.25, -0.2) is 8.78 Å². The Morgan fingerprint density at radius 3 is 2.56 bits per heavy atom. The van der Waals surface area contributed by atoms with E-state index in [-0.39, 0.29) is 24.0 Å². The maximum Gasteiger partial charge on any atom is 0.259 e. The number of hydrogen-bond donors (Lipinski definition) is 1. The van der Waals surface area contributed by atoms with Gasteiger partial charge in [-0.3, -0.25) is 4.79 Å². The Bertz CT molecular complexity index is 408. The Hall–Kier alpha value is -1.85. The number of carbonyl (C=O) groups excluding carboxylic acids is 1. The van der Waals surface area contributed by atoms with Crippen LogP contribution in [-0.2, 0) is 4.79 Å². The molecule has 1 rings (SSSR count). The SMILES string of the molecule is CN(C)C(=O)COc1cc(F)c(N)cc1F. The maximum absolute atomic E-state index is 13.2. The third kappa shape index (κ3) is 2.82. The van der Waals surface area contributed by atoms with Gasteiger partial charge in [-0.1, -0.05) is 0 Å². The van der Waals surface area contributed by atoms with Gasteiger partial charge in [0.1, 0.15) is 5.82 Å². The average molecular weight is 230 g/mol. The van der Waals surface area contributed by atoms with Gasteiger partial charge in [0.05, 0.1) is 5.69 Å². The topological polar surface area (TPSA) is 55.6 Å². The summed E-state index contributed by atoms with van der Waals surface area (Å²) in [6.45, 7) is -0.354. The zero-order chi connectivity index (χ0) is 12.3. The van der Waals surface area contributed by atoms with E-state index in [2.05, 4.69) is 0 Å². The predicted octanol–water partition coefficient (Wildman–Crippen LogP) is 1.01. The maximum atomic E-state index is 13.2. The van der Waals surface area contributed by atoms with E-state index in [4.69, 9.17) is 10.5 Å². The molecule has 0 aliphatic carbocycles. The molecule has 0 aromatic heterocycles. The highest BCUT2D eigenvalue weighted by Gasteiger charge is 2.11. The highest BCUT2D eigenvalue weighted by Crippen LogP contribution is 2.22. The van der Waals surface area contributed by atoms with Crippen molar-refractivity contribution < 1.29 is 18.3 Å². The first kappa shape index (κ1) is 12.2. The first-order chi connectivity index (χ1) is 7.41. The zero-order valence-electron chi connectivity index (χ0n) is 8.96. The quantitative estimate of drug-likeness (QED) is 0.788. The van der Waals surface area contributed by atoms with Crippen LogP contribution in [0.1, 0.15) is 0 Å². The van der Waals surface area contributed by atoms with Crippen molar-refractivity contribution in [1.82, 2.24) is 4.90 Å². The second-order valence-corrected chi connectivity index (χ2v) is 3.38. The normalized spacial score (nSPS) is 10.0. The van der Waals surface area contributed by atoms with Crippen molar-refractivity contribution in [1.29, 1.82) is 0 Å². The van der Waals surface area contributed by atoms with E-state index in [1.54, 1.807) is 0 Å². The molecule has 16 heavy (non-hydrogen) atoms. The lowest BCUT2D eigenvalue weighted by molar-refractivity contribution is -0.130. The van der Waals surface area contributed by atoms with E-state index in [9.17, 15) is 13.6 Å². The molecule has 0 bridgehead atoms. The number of nitrogens with two attached hydrogens (primary N) is 1. The molecule has 0 saturated heterocycles. The number of ether oxygens (including phenoxy) is 1. The summed E-state index contributed by atoms with van der Waals surface area (Å²) in [5.74, 6) is -2.27. The van der Waals surface area contributed by atoms with Crippen LogP contribution in [0.25, 0.3) is 0 Å². The molecule has 0 radical (unpaired) electrons. The van der Waals surface area contributed by atoms with Crippen LogP contribution in [0.3, 0.4) is 0 Å². The Kier molecular flexibility index (Phi) is 3.65. The van der Waals surface area contributed by atoms with Crippen LogP contribution < -0.4 is 10.5 Å². The fourth-order valence-electron chi connectivity index (χ4n) is 0.923. The number of halogens is 2. The summed E-state index contributed by atoms with van der Waals surface area (Å²) < 4.78 is 31.0. The monoisotopic (exact) mass is 230 g/mol. The number of nitrogens with zero attached hydrogens (tertiary/aromatic N) is 1. The lowest BCUT2D eigenvalue weighted by Crippen LogP contribution is -2.27. The van der Waals surface area contributed by atoms with Crippen molar-refractivity contribution in [2.45, 2.75) is 0 Å². The second-order valence-electron chi connectivity index (χ2n) is 3.38. The second kappa shape index (κ2) is 4.78. The Morgan fingerprint density at radius 1 is 1.38 bits per heavy atom. The van der Waals surface area contributed by atoms with Crippen molar-refractivity contribution in [3.8, 4) is 5.75 Å². The largest absolute Gasteiger partial charge is 0.481 e. The minimum atomic E-state index is -0.801. The molecule has 0 atom stereocenters. The molecule has 2 N–H and O–H groups in total. The number of likely N-dealkylation sites (N-methyl/N-ethyl adjacent to an activating group) is 1. The van der Waals surface area contributed by atoms with E-state index in [1.165, 1.54) is 19.0 Å². The lowest BCUT2D eigenvalue weighted by atomic mass is 10.3. The van der Waals surface area contributed by atoms with Crippen molar-refractivity contribution in [2.75, 3.05) is 26.4 Å². The molecule has 0 aliphatic heterocycles. The van der Waals surface area contributed by atoms with E-state index < -0.39 is 11.6 Å². The Morgan fingerprint density at radius 2 is 2.00 bits per heavy atom. The van der Waals surface area contributed by atoms with Gasteiger partial charge in [-0.15, -0.1) is 0 Å². The van der Waals surface area contributed by atoms with Crippen molar-refractivity contribution >= 4 is 11.6 Å². The summed E-state index contributed by atoms with van der Waals surface area (Å²) in [5.41, 5.74) is 4.85. The molecule has 1 aromatic rings. The molecule has 0 saturated carbocycles. The van der Waals surface area contributed by atoms with Crippen LogP contribution in [0.2, 0.25) is 0 Å². The number of benzene rings is 1. The molecule has 0 spiro atoms. The van der Waals surface area contributed by atoms with Gasteiger partial charge >= 0.3 is 0 Å². The summed E-state index contributed by atoms with van der Waals surface area (Å²) in [4.78, 5) is 12.4. The molecule has 1 aromatic carbocycles. The van der Waals surface area contributed by atoms with E-state index in [0.29, 0.717) is 0 Å². The van der Waals surface area contributed by atoms with Crippen LogP contribution in [0, 0.1) is 11.6 Å². The summed E-state index contributed by atoms with van der Waals surface area (Å²) in [7, 11) is 3.07. The Balaban J connectivity index is 2.75. The summed E-state index contributed by atoms with van der Waals surface area (Å²) in [6.07, 6.45) is 0. The smallest absolute Gasteiger partial charge is 0.259 e. The molecule has 0 unspecified atom stereocenters. The highest BCUT2D eigenvalue weighted by atomic mass is 19.1. The fourth-order valence-corrected chi connectivity index (χ4v) is 0.923. The molecule has 0 heterocycles. The lowest BCUT2D eigenvalue weighted by Gasteiger charge is -2.12. The predicted molar refractivity (Wildman–Crippen MR) is 55.0 cm³/mol.